The number of aromatic nitrogens is 4. The highest BCUT2D eigenvalue weighted by Crippen LogP contribution is 2.28. The number of anilines is 1. The van der Waals surface area contributed by atoms with E-state index >= 15 is 0 Å². The zero-order valence-electron chi connectivity index (χ0n) is 19.5. The van der Waals surface area contributed by atoms with Crippen LogP contribution in [-0.2, 0) is 11.3 Å². The van der Waals surface area contributed by atoms with E-state index in [9.17, 15) is 9.59 Å². The van der Waals surface area contributed by atoms with Crippen molar-refractivity contribution in [3.8, 4) is 0 Å². The van der Waals surface area contributed by atoms with Gasteiger partial charge in [-0.1, -0.05) is 72.8 Å². The minimum absolute atomic E-state index is 0.0520. The van der Waals surface area contributed by atoms with Crippen molar-refractivity contribution in [2.75, 3.05) is 11.1 Å². The molecule has 2 aromatic heterocycles. The quantitative estimate of drug-likeness (QED) is 0.281. The van der Waals surface area contributed by atoms with Crippen LogP contribution in [0.25, 0.3) is 10.2 Å². The highest BCUT2D eigenvalue weighted by Gasteiger charge is 2.27. The first-order valence-corrected chi connectivity index (χ1v) is 13.3. The van der Waals surface area contributed by atoms with Crippen molar-refractivity contribution in [1.82, 2.24) is 25.1 Å². The van der Waals surface area contributed by atoms with E-state index in [0.717, 1.165) is 10.2 Å². The molecule has 0 radical (unpaired) electrons. The molecule has 1 atom stereocenters. The molecule has 2 aromatic carbocycles. The molecule has 0 aliphatic rings. The zero-order valence-corrected chi connectivity index (χ0v) is 21.9. The number of thioether (sulfide) groups is 1. The van der Waals surface area contributed by atoms with Gasteiger partial charge in [0, 0.05) is 6.54 Å². The summed E-state index contributed by atoms with van der Waals surface area (Å²) in [6, 6.07) is 14.3. The molecular formula is C24H25ClN6O2S2. The largest absolute Gasteiger partial charge is 0.342 e. The summed E-state index contributed by atoms with van der Waals surface area (Å²) in [6.07, 6.45) is 0. The van der Waals surface area contributed by atoms with Gasteiger partial charge in [0.05, 0.1) is 32.6 Å². The van der Waals surface area contributed by atoms with E-state index in [1.54, 1.807) is 24.3 Å². The molecule has 2 amide bonds. The second-order valence-corrected chi connectivity index (χ2v) is 10.5. The van der Waals surface area contributed by atoms with E-state index in [2.05, 4.69) is 25.8 Å². The number of carbonyl (C=O) groups excluding carboxylic acids is 2. The minimum Gasteiger partial charge on any atom is -0.342 e. The number of carbonyl (C=O) groups is 2. The van der Waals surface area contributed by atoms with Crippen LogP contribution < -0.4 is 10.6 Å². The predicted molar refractivity (Wildman–Crippen MR) is 141 cm³/mol. The molecule has 0 spiro atoms. The highest BCUT2D eigenvalue weighted by molar-refractivity contribution is 7.99. The molecule has 11 heteroatoms. The zero-order chi connectivity index (χ0) is 24.9. The van der Waals surface area contributed by atoms with Gasteiger partial charge in [-0.25, -0.2) is 4.98 Å². The van der Waals surface area contributed by atoms with Crippen molar-refractivity contribution in [2.24, 2.45) is 5.92 Å². The fourth-order valence-corrected chi connectivity index (χ4v) is 5.45. The number of thiazole rings is 1. The first-order valence-electron chi connectivity index (χ1n) is 11.1. The van der Waals surface area contributed by atoms with Gasteiger partial charge < -0.3 is 15.2 Å². The SMILES string of the molecule is CCn1c(SCC(=O)Nc2nc3ccccc3s2)nnc1[C@@H](NC(=O)c1ccccc1Cl)C(C)C. The summed E-state index contributed by atoms with van der Waals surface area (Å²) < 4.78 is 2.94. The van der Waals surface area contributed by atoms with Crippen LogP contribution in [0.15, 0.2) is 53.7 Å². The Balaban J connectivity index is 1.45. The van der Waals surface area contributed by atoms with Crippen LogP contribution in [0.5, 0.6) is 0 Å². The van der Waals surface area contributed by atoms with Gasteiger partial charge in [0.25, 0.3) is 5.91 Å². The summed E-state index contributed by atoms with van der Waals surface area (Å²) in [6.45, 7) is 6.58. The highest BCUT2D eigenvalue weighted by atomic mass is 35.5. The Kier molecular flexibility index (Phi) is 8.04. The molecule has 35 heavy (non-hydrogen) atoms. The van der Waals surface area contributed by atoms with Crippen molar-refractivity contribution in [3.05, 3.63) is 64.9 Å². The van der Waals surface area contributed by atoms with E-state index in [1.165, 1.54) is 23.1 Å². The average molecular weight is 529 g/mol. The van der Waals surface area contributed by atoms with Gasteiger partial charge in [-0.3, -0.25) is 9.59 Å². The van der Waals surface area contributed by atoms with Crippen molar-refractivity contribution >= 4 is 61.9 Å². The number of para-hydroxylation sites is 1. The first-order chi connectivity index (χ1) is 16.9. The van der Waals surface area contributed by atoms with Gasteiger partial charge in [-0.15, -0.1) is 10.2 Å². The van der Waals surface area contributed by atoms with Crippen LogP contribution >= 0.6 is 34.7 Å². The summed E-state index contributed by atoms with van der Waals surface area (Å²) in [4.78, 5) is 29.9. The predicted octanol–water partition coefficient (Wildman–Crippen LogP) is 5.42. The Morgan fingerprint density at radius 3 is 2.57 bits per heavy atom. The molecule has 2 heterocycles. The van der Waals surface area contributed by atoms with E-state index < -0.39 is 0 Å². The number of hydrogen-bond donors (Lipinski definition) is 2. The molecule has 0 fully saturated rings. The van der Waals surface area contributed by atoms with Crippen molar-refractivity contribution < 1.29 is 9.59 Å². The van der Waals surface area contributed by atoms with Crippen molar-refractivity contribution in [1.29, 1.82) is 0 Å². The van der Waals surface area contributed by atoms with E-state index in [-0.39, 0.29) is 29.5 Å². The third kappa shape index (κ3) is 5.83. The van der Waals surface area contributed by atoms with E-state index in [1.807, 2.05) is 49.6 Å². The minimum atomic E-state index is -0.378. The summed E-state index contributed by atoms with van der Waals surface area (Å²) in [5.74, 6) is 0.401. The monoisotopic (exact) mass is 528 g/mol. The maximum absolute atomic E-state index is 12.9. The topological polar surface area (TPSA) is 102 Å². The summed E-state index contributed by atoms with van der Waals surface area (Å²) in [5, 5.41) is 16.1. The lowest BCUT2D eigenvalue weighted by Gasteiger charge is -2.22. The lowest BCUT2D eigenvalue weighted by Crippen LogP contribution is -2.34. The number of hydrogen-bond acceptors (Lipinski definition) is 7. The third-order valence-corrected chi connectivity index (χ3v) is 7.53. The van der Waals surface area contributed by atoms with Gasteiger partial charge in [0.15, 0.2) is 16.1 Å². The smallest absolute Gasteiger partial charge is 0.253 e. The molecule has 0 aliphatic carbocycles. The molecule has 0 saturated heterocycles. The lowest BCUT2D eigenvalue weighted by molar-refractivity contribution is -0.113. The Morgan fingerprint density at radius 2 is 1.86 bits per heavy atom. The van der Waals surface area contributed by atoms with Crippen molar-refractivity contribution in [3.63, 3.8) is 0 Å². The molecule has 0 unspecified atom stereocenters. The maximum atomic E-state index is 12.9. The fraction of sp³-hybridized carbons (Fsp3) is 0.292. The van der Waals surface area contributed by atoms with Crippen LogP contribution in [0.1, 0.15) is 43.0 Å². The standard InChI is InChI=1S/C24H25ClN6O2S2/c1-4-31-21(20(14(2)3)28-22(33)15-9-5-6-10-16(15)25)29-30-24(31)34-13-19(32)27-23-26-17-11-7-8-12-18(17)35-23/h5-12,14,20H,4,13H2,1-3H3,(H,28,33)(H,26,27,32)/t20-/m0/s1. The van der Waals surface area contributed by atoms with Crippen LogP contribution in [0.3, 0.4) is 0 Å². The summed E-state index contributed by atoms with van der Waals surface area (Å²) >= 11 is 8.93. The second-order valence-electron chi connectivity index (χ2n) is 8.08. The van der Waals surface area contributed by atoms with Gasteiger partial charge in [-0.2, -0.15) is 0 Å². The molecule has 0 saturated carbocycles. The first kappa shape index (κ1) is 25.2. The Morgan fingerprint density at radius 1 is 1.11 bits per heavy atom. The normalized spacial score (nSPS) is 12.1. The lowest BCUT2D eigenvalue weighted by atomic mass is 10.0. The van der Waals surface area contributed by atoms with Crippen molar-refractivity contribution in [2.45, 2.75) is 38.5 Å². The second kappa shape index (κ2) is 11.2. The number of nitrogens with one attached hydrogen (secondary N) is 2. The average Bonchev–Trinajstić information content (AvgIpc) is 3.44. The molecule has 0 bridgehead atoms. The third-order valence-electron chi connectivity index (χ3n) is 5.28. The number of nitrogens with zero attached hydrogens (tertiary/aromatic N) is 4. The van der Waals surface area contributed by atoms with Gasteiger partial charge in [0.1, 0.15) is 0 Å². The van der Waals surface area contributed by atoms with Gasteiger partial charge >= 0.3 is 0 Å². The van der Waals surface area contributed by atoms with Crippen LogP contribution in [0.2, 0.25) is 5.02 Å². The molecule has 182 valence electrons. The number of rotatable bonds is 9. The maximum Gasteiger partial charge on any atom is 0.253 e. The van der Waals surface area contributed by atoms with E-state index in [0.29, 0.717) is 33.2 Å². The molecular weight excluding hydrogens is 504 g/mol. The molecule has 4 rings (SSSR count). The summed E-state index contributed by atoms with van der Waals surface area (Å²) in [7, 11) is 0. The molecule has 4 aromatic rings. The van der Waals surface area contributed by atoms with E-state index in [4.69, 9.17) is 11.6 Å². The Hall–Kier alpha value is -2.95. The number of benzene rings is 2. The molecule has 2 N–H and O–H groups in total. The van der Waals surface area contributed by atoms with Crippen LogP contribution in [0.4, 0.5) is 5.13 Å². The molecule has 0 aliphatic heterocycles. The number of halogens is 1. The summed E-state index contributed by atoms with van der Waals surface area (Å²) in [5.41, 5.74) is 1.26. The number of fused-ring (bicyclic) bond motifs is 1. The molecule has 8 nitrogen and oxygen atoms in total. The van der Waals surface area contributed by atoms with Gasteiger partial charge in [-0.05, 0) is 37.1 Å². The fourth-order valence-electron chi connectivity index (χ4n) is 3.54. The van der Waals surface area contributed by atoms with Crippen LogP contribution in [-0.4, -0.2) is 37.3 Å². The van der Waals surface area contributed by atoms with Crippen LogP contribution in [0, 0.1) is 5.92 Å². The Bertz CT molecular complexity index is 1320. The van der Waals surface area contributed by atoms with Gasteiger partial charge in [0.2, 0.25) is 5.91 Å². The Labute approximate surface area is 216 Å². The number of amides is 2.